The Hall–Kier alpha value is -5.79. The fraction of sp³-hybridized carbons (Fsp3) is 0.447. The summed E-state index contributed by atoms with van der Waals surface area (Å²) < 4.78 is 73.5. The van der Waals surface area contributed by atoms with E-state index in [1.807, 2.05) is 52.0 Å². The number of hydrogen-bond donors (Lipinski definition) is 2. The lowest BCUT2D eigenvalue weighted by atomic mass is 9.85. The fourth-order valence-electron chi connectivity index (χ4n) is 7.89. The molecule has 6 rings (SSSR count). The molecule has 2 aromatic heterocycles. The third-order valence-corrected chi connectivity index (χ3v) is 13.1. The largest absolute Gasteiger partial charge is 0.477 e. The number of rotatable bonds is 18. The second kappa shape index (κ2) is 21.9. The number of benzene rings is 2. The summed E-state index contributed by atoms with van der Waals surface area (Å²) in [6.07, 6.45) is -2.37. The standard InChI is InChI=1S/C47H51ClF4N8O7S2/c1-27-38(69-26-56-27)29-12-10-28(11-13-29)23-54-40(62)34-9-7-16-58(34)42(63)39(45(2,3)4)57-35(61)25-66-20-19-65-17-8-18-67-41-32(48)21-31(24-55-41)60-44(68)59(43(64)46(60,5)6)33-15-14-30(22-53)36(37(33)49)47(50,51)52/h10-15,21,24,26,34,39H,7-9,16-20,23,25H2,1-6H3,(H,54,62)(H,57,61)/t34-,39+/m0/s1. The summed E-state index contributed by atoms with van der Waals surface area (Å²) in [5, 5.41) is 14.6. The van der Waals surface area contributed by atoms with Gasteiger partial charge in [0.2, 0.25) is 23.6 Å². The van der Waals surface area contributed by atoms with Crippen molar-refractivity contribution in [2.45, 2.75) is 91.1 Å². The van der Waals surface area contributed by atoms with Gasteiger partial charge in [-0.05, 0) is 80.6 Å². The number of aryl methyl sites for hydroxylation is 1. The maximum absolute atomic E-state index is 15.4. The molecule has 22 heteroatoms. The number of aromatic nitrogens is 2. The molecular weight excluding hydrogens is 964 g/mol. The minimum absolute atomic E-state index is 0.0193. The average molecular weight is 1020 g/mol. The number of thiazole rings is 1. The Morgan fingerprint density at radius 1 is 1.06 bits per heavy atom. The second-order valence-corrected chi connectivity index (χ2v) is 19.5. The molecule has 2 atom stereocenters. The third-order valence-electron chi connectivity index (χ3n) is 11.4. The average Bonchev–Trinajstić information content (AvgIpc) is 4.00. The number of hydrogen-bond acceptors (Lipinski definition) is 12. The molecule has 0 saturated carbocycles. The number of alkyl halides is 3. The highest BCUT2D eigenvalue weighted by molar-refractivity contribution is 7.81. The van der Waals surface area contributed by atoms with Crippen molar-refractivity contribution in [1.29, 1.82) is 5.26 Å². The van der Waals surface area contributed by atoms with Gasteiger partial charge in [0.05, 0.1) is 65.1 Å². The number of carbonyl (C=O) groups excluding carboxylic acids is 4. The van der Waals surface area contributed by atoms with Gasteiger partial charge in [0.25, 0.3) is 5.91 Å². The zero-order valence-electron chi connectivity index (χ0n) is 38.7. The van der Waals surface area contributed by atoms with Crippen LogP contribution in [0.4, 0.5) is 28.9 Å². The molecule has 0 radical (unpaired) electrons. The second-order valence-electron chi connectivity index (χ2n) is 17.8. The first-order chi connectivity index (χ1) is 32.6. The van der Waals surface area contributed by atoms with Crippen LogP contribution in [0.1, 0.15) is 76.3 Å². The molecule has 2 fully saturated rings. The van der Waals surface area contributed by atoms with E-state index in [1.165, 1.54) is 37.1 Å². The van der Waals surface area contributed by atoms with E-state index in [-0.39, 0.29) is 66.6 Å². The van der Waals surface area contributed by atoms with E-state index in [1.54, 1.807) is 21.7 Å². The molecule has 368 valence electrons. The first kappa shape index (κ1) is 52.6. The van der Waals surface area contributed by atoms with Crippen LogP contribution in [0.25, 0.3) is 10.4 Å². The molecule has 2 aromatic carbocycles. The number of ether oxygens (including phenoxy) is 3. The number of thiocarbonyl (C=S) groups is 1. The van der Waals surface area contributed by atoms with Crippen LogP contribution in [0.3, 0.4) is 0 Å². The Labute approximate surface area is 411 Å². The predicted molar refractivity (Wildman–Crippen MR) is 254 cm³/mol. The molecule has 4 heterocycles. The summed E-state index contributed by atoms with van der Waals surface area (Å²) in [5.41, 5.74) is -0.794. The van der Waals surface area contributed by atoms with Crippen LogP contribution >= 0.6 is 35.2 Å². The molecule has 69 heavy (non-hydrogen) atoms. The predicted octanol–water partition coefficient (Wildman–Crippen LogP) is 7.75. The first-order valence-corrected chi connectivity index (χ1v) is 23.5. The van der Waals surface area contributed by atoms with Crippen molar-refractivity contribution in [3.63, 3.8) is 0 Å². The highest BCUT2D eigenvalue weighted by atomic mass is 35.5. The fourth-order valence-corrected chi connectivity index (χ4v) is 9.43. The lowest BCUT2D eigenvalue weighted by Gasteiger charge is -2.35. The number of halogens is 5. The van der Waals surface area contributed by atoms with E-state index in [4.69, 9.17) is 43.3 Å². The van der Waals surface area contributed by atoms with Crippen LogP contribution < -0.4 is 25.2 Å². The monoisotopic (exact) mass is 1010 g/mol. The van der Waals surface area contributed by atoms with Crippen molar-refractivity contribution in [2.24, 2.45) is 5.41 Å². The quantitative estimate of drug-likeness (QED) is 0.0563. The minimum atomic E-state index is -5.22. The van der Waals surface area contributed by atoms with Gasteiger partial charge in [0.1, 0.15) is 34.8 Å². The number of carbonyl (C=O) groups is 4. The summed E-state index contributed by atoms with van der Waals surface area (Å²) in [4.78, 5) is 66.9. The van der Waals surface area contributed by atoms with Crippen LogP contribution in [0, 0.1) is 29.5 Å². The number of nitrogens with one attached hydrogen (secondary N) is 2. The van der Waals surface area contributed by atoms with Crippen molar-refractivity contribution in [2.75, 3.05) is 49.4 Å². The van der Waals surface area contributed by atoms with Gasteiger partial charge in [-0.25, -0.2) is 14.4 Å². The molecule has 0 spiro atoms. The smallest absolute Gasteiger partial charge is 0.420 e. The van der Waals surface area contributed by atoms with E-state index in [0.717, 1.165) is 33.8 Å². The van der Waals surface area contributed by atoms with Crippen LogP contribution in [0.5, 0.6) is 5.88 Å². The lowest BCUT2D eigenvalue weighted by Crippen LogP contribution is -2.58. The first-order valence-electron chi connectivity index (χ1n) is 21.9. The van der Waals surface area contributed by atoms with Gasteiger partial charge in [0, 0.05) is 26.1 Å². The minimum Gasteiger partial charge on any atom is -0.477 e. The molecular formula is C47H51ClF4N8O7S2. The molecule has 15 nitrogen and oxygen atoms in total. The number of anilines is 2. The molecule has 2 saturated heterocycles. The van der Waals surface area contributed by atoms with Gasteiger partial charge in [-0.1, -0.05) is 56.6 Å². The number of amides is 4. The highest BCUT2D eigenvalue weighted by Gasteiger charge is 2.52. The molecule has 0 aliphatic carbocycles. The van der Waals surface area contributed by atoms with Crippen LogP contribution in [0.15, 0.2) is 54.2 Å². The van der Waals surface area contributed by atoms with Gasteiger partial charge < -0.3 is 34.6 Å². The molecule has 4 amide bonds. The van der Waals surface area contributed by atoms with Crippen molar-refractivity contribution < 1.29 is 51.0 Å². The van der Waals surface area contributed by atoms with E-state index in [2.05, 4.69) is 20.6 Å². The van der Waals surface area contributed by atoms with E-state index < -0.39 is 63.7 Å². The summed E-state index contributed by atoms with van der Waals surface area (Å²) in [6.45, 7) is 11.3. The summed E-state index contributed by atoms with van der Waals surface area (Å²) >= 11 is 13.5. The Balaban J connectivity index is 0.914. The van der Waals surface area contributed by atoms with Crippen molar-refractivity contribution in [1.82, 2.24) is 25.5 Å². The molecule has 0 unspecified atom stereocenters. The zero-order chi connectivity index (χ0) is 50.4. The maximum Gasteiger partial charge on any atom is 0.420 e. The van der Waals surface area contributed by atoms with Crippen LogP contribution in [-0.4, -0.2) is 101 Å². The Morgan fingerprint density at radius 2 is 1.77 bits per heavy atom. The number of likely N-dealkylation sites (tertiary alicyclic amines) is 1. The van der Waals surface area contributed by atoms with Crippen LogP contribution in [-0.2, 0) is 41.4 Å². The van der Waals surface area contributed by atoms with E-state index >= 15 is 4.39 Å². The van der Waals surface area contributed by atoms with Crippen LogP contribution in [0.2, 0.25) is 5.02 Å². The third kappa shape index (κ3) is 12.0. The van der Waals surface area contributed by atoms with E-state index in [0.29, 0.717) is 37.3 Å². The lowest BCUT2D eigenvalue weighted by molar-refractivity contribution is -0.144. The van der Waals surface area contributed by atoms with Gasteiger partial charge in [-0.2, -0.15) is 18.4 Å². The summed E-state index contributed by atoms with van der Waals surface area (Å²) in [5.74, 6) is -3.71. The Bertz CT molecular complexity index is 2620. The molecule has 2 aliphatic heterocycles. The van der Waals surface area contributed by atoms with Gasteiger partial charge >= 0.3 is 6.18 Å². The zero-order valence-corrected chi connectivity index (χ0v) is 41.1. The molecule has 0 bridgehead atoms. The number of pyridine rings is 1. The van der Waals surface area contributed by atoms with Crippen molar-refractivity contribution in [3.05, 3.63) is 87.4 Å². The molecule has 4 aromatic rings. The highest BCUT2D eigenvalue weighted by Crippen LogP contribution is 2.43. The van der Waals surface area contributed by atoms with E-state index in [9.17, 15) is 32.3 Å². The molecule has 2 N–H and O–H groups in total. The van der Waals surface area contributed by atoms with Crippen molar-refractivity contribution in [3.8, 4) is 22.4 Å². The number of nitriles is 1. The number of nitrogens with zero attached hydrogens (tertiary/aromatic N) is 6. The van der Waals surface area contributed by atoms with Crippen molar-refractivity contribution >= 4 is 75.3 Å². The molecule has 2 aliphatic rings. The normalized spacial score (nSPS) is 16.4. The van der Waals surface area contributed by atoms with Gasteiger partial charge in [0.15, 0.2) is 10.9 Å². The van der Waals surface area contributed by atoms with Gasteiger partial charge in [-0.15, -0.1) is 11.3 Å². The topological polar surface area (TPSA) is 179 Å². The summed E-state index contributed by atoms with van der Waals surface area (Å²) in [6, 6.07) is 10.7. The van der Waals surface area contributed by atoms with Gasteiger partial charge in [-0.3, -0.25) is 24.1 Å². The SMILES string of the molecule is Cc1ncsc1-c1ccc(CNC(=O)[C@@H]2CCCN2C(=O)[C@@H](NC(=O)COCCOCCCOc2ncc(N3C(=S)N(c4ccc(C#N)c(C(F)(F)F)c4F)C(=O)C3(C)C)cc2Cl)C(C)(C)C)cc1. The Kier molecular flexibility index (Phi) is 16.7. The Morgan fingerprint density at radius 3 is 2.41 bits per heavy atom. The summed E-state index contributed by atoms with van der Waals surface area (Å²) in [7, 11) is 0. The maximum atomic E-state index is 15.4.